The second-order valence-corrected chi connectivity index (χ2v) is 7.42. The Bertz CT molecular complexity index is 1070. The number of likely N-dealkylation sites (tertiary alicyclic amines) is 1. The van der Waals surface area contributed by atoms with Crippen molar-refractivity contribution in [3.63, 3.8) is 0 Å². The molecule has 28 heavy (non-hydrogen) atoms. The van der Waals surface area contributed by atoms with Gasteiger partial charge in [0.15, 0.2) is 0 Å². The molecule has 1 aromatic heterocycles. The number of carbonyl (C=O) groups is 1. The zero-order valence-electron chi connectivity index (χ0n) is 15.4. The average molecular weight is 374 g/mol. The predicted octanol–water partition coefficient (Wildman–Crippen LogP) is 4.67. The number of fused-ring (bicyclic) bond motifs is 5. The molecule has 1 fully saturated rings. The molecule has 0 unspecified atom stereocenters. The lowest BCUT2D eigenvalue weighted by atomic mass is 9.99. The van der Waals surface area contributed by atoms with Crippen molar-refractivity contribution in [3.05, 3.63) is 77.2 Å². The minimum Gasteiger partial charge on any atom is -0.317 e. The van der Waals surface area contributed by atoms with Crippen LogP contribution in [0.15, 0.2) is 54.7 Å². The van der Waals surface area contributed by atoms with Crippen LogP contribution in [0.1, 0.15) is 35.1 Å². The van der Waals surface area contributed by atoms with Crippen LogP contribution in [-0.4, -0.2) is 27.7 Å². The van der Waals surface area contributed by atoms with E-state index in [1.807, 2.05) is 30.0 Å². The summed E-state index contributed by atoms with van der Waals surface area (Å²) in [4.78, 5) is 14.7. The number of hydrogen-bond acceptors (Lipinski definition) is 3. The van der Waals surface area contributed by atoms with Gasteiger partial charge in [-0.05, 0) is 54.3 Å². The summed E-state index contributed by atoms with van der Waals surface area (Å²) >= 11 is 0. The Morgan fingerprint density at radius 3 is 2.79 bits per heavy atom. The first-order valence-electron chi connectivity index (χ1n) is 9.36. The highest BCUT2D eigenvalue weighted by atomic mass is 19.1. The van der Waals surface area contributed by atoms with Crippen LogP contribution in [0, 0.1) is 12.7 Å². The van der Waals surface area contributed by atoms with Gasteiger partial charge in [0.05, 0.1) is 17.4 Å². The number of nitrogens with one attached hydrogen (secondary N) is 1. The summed E-state index contributed by atoms with van der Waals surface area (Å²) in [6.45, 7) is 2.48. The normalized spacial score (nSPS) is 19.6. The first kappa shape index (κ1) is 16.9. The van der Waals surface area contributed by atoms with Gasteiger partial charge >= 0.3 is 6.03 Å². The van der Waals surface area contributed by atoms with Crippen LogP contribution in [-0.2, 0) is 0 Å². The van der Waals surface area contributed by atoms with Crippen LogP contribution in [0.25, 0.3) is 11.3 Å². The maximum atomic E-state index is 14.6. The summed E-state index contributed by atoms with van der Waals surface area (Å²) in [5, 5.41) is 10.8. The first-order chi connectivity index (χ1) is 13.6. The summed E-state index contributed by atoms with van der Waals surface area (Å²) in [7, 11) is 0. The lowest BCUT2D eigenvalue weighted by molar-refractivity contribution is 0.204. The number of anilines is 1. The zero-order valence-corrected chi connectivity index (χ0v) is 15.4. The molecule has 0 spiro atoms. The molecule has 2 aromatic carbocycles. The largest absolute Gasteiger partial charge is 0.322 e. The smallest absolute Gasteiger partial charge is 0.317 e. The Hall–Kier alpha value is -3.28. The molecule has 1 aliphatic heterocycles. The molecule has 2 aliphatic rings. The molecule has 3 aromatic rings. The SMILES string of the molecule is Cc1cc(F)c(NC(=O)N2C[C@H]3C[C@@H]2c2ccccc23)cc1-c1cccnn1. The summed E-state index contributed by atoms with van der Waals surface area (Å²) in [6, 6.07) is 14.7. The van der Waals surface area contributed by atoms with E-state index >= 15 is 0 Å². The molecule has 5 nitrogen and oxygen atoms in total. The molecule has 1 N–H and O–H groups in total. The van der Waals surface area contributed by atoms with Gasteiger partial charge in [-0.2, -0.15) is 10.2 Å². The summed E-state index contributed by atoms with van der Waals surface area (Å²) in [5.41, 5.74) is 4.83. The van der Waals surface area contributed by atoms with Gasteiger partial charge in [0.2, 0.25) is 0 Å². The Balaban J connectivity index is 1.42. The minimum atomic E-state index is -0.455. The van der Waals surface area contributed by atoms with E-state index in [1.54, 1.807) is 18.3 Å². The monoisotopic (exact) mass is 374 g/mol. The van der Waals surface area contributed by atoms with Crippen molar-refractivity contribution < 1.29 is 9.18 Å². The van der Waals surface area contributed by atoms with E-state index in [1.165, 1.54) is 17.2 Å². The van der Waals surface area contributed by atoms with Gasteiger partial charge in [-0.25, -0.2) is 9.18 Å². The zero-order chi connectivity index (χ0) is 19.3. The fraction of sp³-hybridized carbons (Fsp3) is 0.227. The van der Waals surface area contributed by atoms with Gasteiger partial charge in [-0.15, -0.1) is 0 Å². The van der Waals surface area contributed by atoms with Crippen LogP contribution in [0.4, 0.5) is 14.9 Å². The fourth-order valence-electron chi connectivity index (χ4n) is 4.44. The van der Waals surface area contributed by atoms with E-state index in [2.05, 4.69) is 27.6 Å². The van der Waals surface area contributed by atoms with Crippen LogP contribution in [0.3, 0.4) is 0 Å². The maximum Gasteiger partial charge on any atom is 0.322 e. The number of hydrogen-bond donors (Lipinski definition) is 1. The number of urea groups is 1. The molecule has 2 atom stereocenters. The highest BCUT2D eigenvalue weighted by Gasteiger charge is 2.44. The van der Waals surface area contributed by atoms with Crippen molar-refractivity contribution in [2.75, 3.05) is 11.9 Å². The van der Waals surface area contributed by atoms with E-state index in [9.17, 15) is 9.18 Å². The number of halogens is 1. The van der Waals surface area contributed by atoms with E-state index in [0.29, 0.717) is 18.2 Å². The second-order valence-electron chi connectivity index (χ2n) is 7.42. The van der Waals surface area contributed by atoms with E-state index in [4.69, 9.17) is 0 Å². The third kappa shape index (κ3) is 2.64. The molecule has 6 heteroatoms. The van der Waals surface area contributed by atoms with Gasteiger partial charge in [0.25, 0.3) is 0 Å². The van der Waals surface area contributed by atoms with Crippen molar-refractivity contribution in [1.82, 2.24) is 15.1 Å². The second kappa shape index (κ2) is 6.41. The minimum absolute atomic E-state index is 0.0640. The number of benzene rings is 2. The molecule has 0 radical (unpaired) electrons. The quantitative estimate of drug-likeness (QED) is 0.709. The Morgan fingerprint density at radius 2 is 2.00 bits per heavy atom. The van der Waals surface area contributed by atoms with Gasteiger partial charge in [-0.1, -0.05) is 24.3 Å². The topological polar surface area (TPSA) is 58.1 Å². The fourth-order valence-corrected chi connectivity index (χ4v) is 4.44. The Morgan fingerprint density at radius 1 is 1.18 bits per heavy atom. The molecular formula is C22H19FN4O. The van der Waals surface area contributed by atoms with Crippen LogP contribution in [0.5, 0.6) is 0 Å². The summed E-state index contributed by atoms with van der Waals surface area (Å²) < 4.78 is 14.6. The number of rotatable bonds is 2. The lowest BCUT2D eigenvalue weighted by Gasteiger charge is -2.29. The van der Waals surface area contributed by atoms with Crippen molar-refractivity contribution in [1.29, 1.82) is 0 Å². The number of aryl methyl sites for hydroxylation is 1. The van der Waals surface area contributed by atoms with E-state index in [0.717, 1.165) is 17.5 Å². The summed E-state index contributed by atoms with van der Waals surface area (Å²) in [5.74, 6) is -0.0896. The van der Waals surface area contributed by atoms with Gasteiger partial charge in [0, 0.05) is 24.2 Å². The molecule has 0 saturated carbocycles. The molecule has 1 saturated heterocycles. The maximum absolute atomic E-state index is 14.6. The number of carbonyl (C=O) groups excluding carboxylic acids is 1. The van der Waals surface area contributed by atoms with Gasteiger partial charge in [-0.3, -0.25) is 0 Å². The first-order valence-corrected chi connectivity index (χ1v) is 9.36. The number of aromatic nitrogens is 2. The molecule has 1 aliphatic carbocycles. The molecule has 5 rings (SSSR count). The van der Waals surface area contributed by atoms with Crippen LogP contribution >= 0.6 is 0 Å². The molecule has 2 amide bonds. The van der Waals surface area contributed by atoms with Crippen LogP contribution in [0.2, 0.25) is 0 Å². The predicted molar refractivity (Wildman–Crippen MR) is 104 cm³/mol. The highest BCUT2D eigenvalue weighted by molar-refractivity contribution is 5.91. The molecule has 2 heterocycles. The van der Waals surface area contributed by atoms with Crippen molar-refractivity contribution >= 4 is 11.7 Å². The third-order valence-corrected chi connectivity index (χ3v) is 5.76. The molecule has 2 bridgehead atoms. The van der Waals surface area contributed by atoms with Gasteiger partial charge < -0.3 is 10.2 Å². The van der Waals surface area contributed by atoms with E-state index in [-0.39, 0.29) is 17.8 Å². The number of nitrogens with zero attached hydrogens (tertiary/aromatic N) is 3. The Kier molecular flexibility index (Phi) is 3.86. The van der Waals surface area contributed by atoms with Crippen LogP contribution < -0.4 is 5.32 Å². The number of amides is 2. The third-order valence-electron chi connectivity index (χ3n) is 5.76. The van der Waals surface area contributed by atoms with Gasteiger partial charge in [0.1, 0.15) is 5.82 Å². The molecular weight excluding hydrogens is 355 g/mol. The standard InChI is InChI=1S/C22H19FN4O/c1-13-9-18(23)20(11-17(13)19-7-4-8-24-26-19)25-22(28)27-12-14-10-21(27)16-6-3-2-5-15(14)16/h2-9,11,14,21H,10,12H2,1H3,(H,25,28)/t14-,21-/m1/s1. The van der Waals surface area contributed by atoms with Crippen molar-refractivity contribution in [2.45, 2.75) is 25.3 Å². The lowest BCUT2D eigenvalue weighted by Crippen LogP contribution is -2.37. The van der Waals surface area contributed by atoms with Crippen molar-refractivity contribution in [3.8, 4) is 11.3 Å². The summed E-state index contributed by atoms with van der Waals surface area (Å²) in [6.07, 6.45) is 2.53. The van der Waals surface area contributed by atoms with Crippen molar-refractivity contribution in [2.24, 2.45) is 0 Å². The average Bonchev–Trinajstić information content (AvgIpc) is 3.31. The van der Waals surface area contributed by atoms with E-state index < -0.39 is 5.82 Å². The Labute approximate surface area is 162 Å². The molecule has 140 valence electrons. The highest BCUT2D eigenvalue weighted by Crippen LogP contribution is 2.50.